The van der Waals surface area contributed by atoms with Gasteiger partial charge in [0, 0.05) is 43.6 Å². The number of carbonyl (C=O) groups excluding carboxylic acids is 1. The van der Waals surface area contributed by atoms with E-state index in [1.807, 2.05) is 37.3 Å². The summed E-state index contributed by atoms with van der Waals surface area (Å²) in [7, 11) is 1.63. The molecule has 2 aromatic carbocycles. The second-order valence-corrected chi connectivity index (χ2v) is 7.02. The largest absolute Gasteiger partial charge is 0.497 e. The lowest BCUT2D eigenvalue weighted by atomic mass is 10.1. The topological polar surface area (TPSA) is 44.8 Å². The summed E-state index contributed by atoms with van der Waals surface area (Å²) < 4.78 is 5.21. The molecule has 3 rings (SSSR count). The number of piperazine rings is 1. The molecular weight excluding hydrogens is 350 g/mol. The SMILES string of the molecule is CCN1CCN(c2ccc(NC(=O)/C=C/c3cccc(OC)c3)c(C)c2)CC1. The second kappa shape index (κ2) is 9.42. The number of methoxy groups -OCH3 is 1. The molecule has 1 aliphatic heterocycles. The fourth-order valence-corrected chi connectivity index (χ4v) is 3.40. The molecule has 1 aliphatic rings. The minimum absolute atomic E-state index is 0.143. The predicted molar refractivity (Wildman–Crippen MR) is 116 cm³/mol. The maximum absolute atomic E-state index is 12.3. The lowest BCUT2D eigenvalue weighted by Crippen LogP contribution is -2.46. The monoisotopic (exact) mass is 379 g/mol. The quantitative estimate of drug-likeness (QED) is 0.776. The molecule has 0 radical (unpaired) electrons. The number of rotatable bonds is 6. The van der Waals surface area contributed by atoms with Crippen LogP contribution in [0.1, 0.15) is 18.1 Å². The summed E-state index contributed by atoms with van der Waals surface area (Å²) in [6, 6.07) is 13.9. The summed E-state index contributed by atoms with van der Waals surface area (Å²) in [5, 5.41) is 2.97. The number of hydrogen-bond donors (Lipinski definition) is 1. The van der Waals surface area contributed by atoms with Gasteiger partial charge < -0.3 is 19.9 Å². The zero-order chi connectivity index (χ0) is 19.9. The average Bonchev–Trinajstić information content (AvgIpc) is 2.74. The highest BCUT2D eigenvalue weighted by atomic mass is 16.5. The van der Waals surface area contributed by atoms with Gasteiger partial charge in [-0.1, -0.05) is 19.1 Å². The Morgan fingerprint density at radius 2 is 1.93 bits per heavy atom. The van der Waals surface area contributed by atoms with Gasteiger partial charge in [-0.2, -0.15) is 0 Å². The molecule has 5 nitrogen and oxygen atoms in total. The highest BCUT2D eigenvalue weighted by Crippen LogP contribution is 2.24. The molecule has 2 aromatic rings. The van der Waals surface area contributed by atoms with Crippen LogP contribution in [0.5, 0.6) is 5.75 Å². The van der Waals surface area contributed by atoms with E-state index in [4.69, 9.17) is 4.74 Å². The highest BCUT2D eigenvalue weighted by molar-refractivity contribution is 6.02. The van der Waals surface area contributed by atoms with Gasteiger partial charge in [0.2, 0.25) is 5.91 Å². The van der Waals surface area contributed by atoms with Gasteiger partial charge in [-0.05, 0) is 61.0 Å². The molecule has 0 spiro atoms. The number of nitrogens with one attached hydrogen (secondary N) is 1. The molecule has 0 aliphatic carbocycles. The first kappa shape index (κ1) is 20.0. The van der Waals surface area contributed by atoms with Crippen LogP contribution in [0.25, 0.3) is 6.08 Å². The first-order valence-corrected chi connectivity index (χ1v) is 9.80. The summed E-state index contributed by atoms with van der Waals surface area (Å²) >= 11 is 0. The van der Waals surface area contributed by atoms with Crippen LogP contribution in [0.3, 0.4) is 0 Å². The lowest BCUT2D eigenvalue weighted by molar-refractivity contribution is -0.111. The molecule has 0 bridgehead atoms. The van der Waals surface area contributed by atoms with Crippen molar-refractivity contribution in [3.8, 4) is 5.75 Å². The van der Waals surface area contributed by atoms with Crippen LogP contribution in [-0.4, -0.2) is 50.6 Å². The Balaban J connectivity index is 1.61. The Morgan fingerprint density at radius 1 is 1.14 bits per heavy atom. The normalized spacial score (nSPS) is 15.0. The zero-order valence-corrected chi connectivity index (χ0v) is 16.9. The average molecular weight is 380 g/mol. The standard InChI is InChI=1S/C23H29N3O2/c1-4-25-12-14-26(15-13-25)20-9-10-22(18(2)16-20)24-23(27)11-8-19-6-5-7-21(17-19)28-3/h5-11,16-17H,4,12-15H2,1-3H3,(H,24,27)/b11-8+. The lowest BCUT2D eigenvalue weighted by Gasteiger charge is -2.35. The van der Waals surface area contributed by atoms with Crippen LogP contribution in [-0.2, 0) is 4.79 Å². The molecule has 0 aromatic heterocycles. The molecule has 5 heteroatoms. The molecule has 1 fully saturated rings. The number of amides is 1. The van der Waals surface area contributed by atoms with Gasteiger partial charge in [-0.3, -0.25) is 4.79 Å². The number of likely N-dealkylation sites (N-methyl/N-ethyl adjacent to an activating group) is 1. The molecule has 1 heterocycles. The number of nitrogens with zero attached hydrogens (tertiary/aromatic N) is 2. The van der Waals surface area contributed by atoms with Crippen molar-refractivity contribution < 1.29 is 9.53 Å². The fraction of sp³-hybridized carbons (Fsp3) is 0.348. The van der Waals surface area contributed by atoms with Crippen LogP contribution in [0, 0.1) is 6.92 Å². The minimum Gasteiger partial charge on any atom is -0.497 e. The molecule has 148 valence electrons. The van der Waals surface area contributed by atoms with Crippen LogP contribution >= 0.6 is 0 Å². The Labute approximate surface area is 167 Å². The first-order chi connectivity index (χ1) is 13.6. The van der Waals surface area contributed by atoms with Gasteiger partial charge in [-0.15, -0.1) is 0 Å². The van der Waals surface area contributed by atoms with Crippen molar-refractivity contribution in [1.82, 2.24) is 4.90 Å². The van der Waals surface area contributed by atoms with Crippen molar-refractivity contribution in [2.24, 2.45) is 0 Å². The summed E-state index contributed by atoms with van der Waals surface area (Å²) in [5.74, 6) is 0.629. The van der Waals surface area contributed by atoms with E-state index in [0.717, 1.165) is 55.3 Å². The minimum atomic E-state index is -0.143. The van der Waals surface area contributed by atoms with Gasteiger partial charge >= 0.3 is 0 Å². The van der Waals surface area contributed by atoms with E-state index >= 15 is 0 Å². The number of carbonyl (C=O) groups is 1. The molecule has 0 atom stereocenters. The smallest absolute Gasteiger partial charge is 0.248 e. The summed E-state index contributed by atoms with van der Waals surface area (Å²) in [6.07, 6.45) is 3.33. The molecule has 0 unspecified atom stereocenters. The van der Waals surface area contributed by atoms with Crippen LogP contribution in [0.4, 0.5) is 11.4 Å². The predicted octanol–water partition coefficient (Wildman–Crippen LogP) is 3.80. The molecule has 1 saturated heterocycles. The van der Waals surface area contributed by atoms with Gasteiger partial charge in [0.25, 0.3) is 0 Å². The van der Waals surface area contributed by atoms with E-state index in [-0.39, 0.29) is 5.91 Å². The molecule has 0 saturated carbocycles. The van der Waals surface area contributed by atoms with Gasteiger partial charge in [0.1, 0.15) is 5.75 Å². The fourth-order valence-electron chi connectivity index (χ4n) is 3.40. The third kappa shape index (κ3) is 5.14. The van der Waals surface area contributed by atoms with Crippen molar-refractivity contribution >= 4 is 23.4 Å². The van der Waals surface area contributed by atoms with Crippen molar-refractivity contribution in [2.75, 3.05) is 50.1 Å². The van der Waals surface area contributed by atoms with E-state index in [9.17, 15) is 4.79 Å². The van der Waals surface area contributed by atoms with E-state index in [0.29, 0.717) is 0 Å². The summed E-state index contributed by atoms with van der Waals surface area (Å²) in [6.45, 7) is 9.64. The Kier molecular flexibility index (Phi) is 6.71. The van der Waals surface area contributed by atoms with Crippen LogP contribution in [0.2, 0.25) is 0 Å². The van der Waals surface area contributed by atoms with E-state index in [2.05, 4.69) is 34.2 Å². The summed E-state index contributed by atoms with van der Waals surface area (Å²) in [4.78, 5) is 17.2. The van der Waals surface area contributed by atoms with E-state index in [1.54, 1.807) is 19.3 Å². The van der Waals surface area contributed by atoms with Crippen LogP contribution < -0.4 is 15.0 Å². The number of benzene rings is 2. The van der Waals surface area contributed by atoms with Crippen LogP contribution in [0.15, 0.2) is 48.5 Å². The second-order valence-electron chi connectivity index (χ2n) is 7.02. The Bertz CT molecular complexity index is 839. The zero-order valence-electron chi connectivity index (χ0n) is 16.9. The van der Waals surface area contributed by atoms with E-state index in [1.165, 1.54) is 5.69 Å². The van der Waals surface area contributed by atoms with Crippen molar-refractivity contribution in [2.45, 2.75) is 13.8 Å². The van der Waals surface area contributed by atoms with Gasteiger partial charge in [-0.25, -0.2) is 0 Å². The summed E-state index contributed by atoms with van der Waals surface area (Å²) in [5.41, 5.74) is 4.06. The molecule has 1 amide bonds. The van der Waals surface area contributed by atoms with Gasteiger partial charge in [0.15, 0.2) is 0 Å². The van der Waals surface area contributed by atoms with Crippen molar-refractivity contribution in [1.29, 1.82) is 0 Å². The molecule has 28 heavy (non-hydrogen) atoms. The molecule has 1 N–H and O–H groups in total. The maximum atomic E-state index is 12.3. The number of hydrogen-bond acceptors (Lipinski definition) is 4. The first-order valence-electron chi connectivity index (χ1n) is 9.80. The number of anilines is 2. The number of ether oxygens (including phenoxy) is 1. The Morgan fingerprint density at radius 3 is 2.61 bits per heavy atom. The van der Waals surface area contributed by atoms with Crippen molar-refractivity contribution in [3.05, 3.63) is 59.7 Å². The maximum Gasteiger partial charge on any atom is 0.248 e. The Hall–Kier alpha value is -2.79. The van der Waals surface area contributed by atoms with Gasteiger partial charge in [0.05, 0.1) is 7.11 Å². The molecular formula is C23H29N3O2. The third-order valence-electron chi connectivity index (χ3n) is 5.17. The highest BCUT2D eigenvalue weighted by Gasteiger charge is 2.16. The van der Waals surface area contributed by atoms with E-state index < -0.39 is 0 Å². The van der Waals surface area contributed by atoms with Crippen molar-refractivity contribution in [3.63, 3.8) is 0 Å². The number of aryl methyl sites for hydroxylation is 1. The third-order valence-corrected chi connectivity index (χ3v) is 5.17.